The predicted octanol–water partition coefficient (Wildman–Crippen LogP) is 1.31. The van der Waals surface area contributed by atoms with Crippen molar-refractivity contribution in [1.29, 1.82) is 0 Å². The first-order valence-electron chi connectivity index (χ1n) is 8.79. The minimum absolute atomic E-state index is 0.102. The number of carbonyl (C=O) groups is 1. The molecule has 1 aliphatic heterocycles. The molecule has 9 heteroatoms. The Hall–Kier alpha value is -2.13. The Morgan fingerprint density at radius 2 is 2.08 bits per heavy atom. The molecule has 26 heavy (non-hydrogen) atoms. The van der Waals surface area contributed by atoms with E-state index >= 15 is 0 Å². The van der Waals surface area contributed by atoms with Crippen LogP contribution in [0.25, 0.3) is 11.0 Å². The van der Waals surface area contributed by atoms with Gasteiger partial charge in [0.1, 0.15) is 5.82 Å². The summed E-state index contributed by atoms with van der Waals surface area (Å²) in [5.74, 6) is 1.16. The molecule has 0 bridgehead atoms. The van der Waals surface area contributed by atoms with Crippen molar-refractivity contribution in [2.24, 2.45) is 0 Å². The first-order valence-corrected chi connectivity index (χ1v) is 10.4. The summed E-state index contributed by atoms with van der Waals surface area (Å²) in [4.78, 5) is 22.1. The number of rotatable bonds is 5. The van der Waals surface area contributed by atoms with Gasteiger partial charge in [0.2, 0.25) is 10.0 Å². The van der Waals surface area contributed by atoms with Crippen LogP contribution in [-0.4, -0.2) is 61.8 Å². The lowest BCUT2D eigenvalue weighted by molar-refractivity contribution is 0.181. The van der Waals surface area contributed by atoms with E-state index in [2.05, 4.69) is 15.0 Å². The number of carbonyl (C=O) groups excluding carboxylic acids is 1. The second-order valence-electron chi connectivity index (χ2n) is 6.61. The third-order valence-electron chi connectivity index (χ3n) is 4.86. The van der Waals surface area contributed by atoms with Gasteiger partial charge in [-0.25, -0.2) is 22.9 Å². The van der Waals surface area contributed by atoms with Gasteiger partial charge in [0, 0.05) is 25.6 Å². The Balaban J connectivity index is 1.53. The second-order valence-corrected chi connectivity index (χ2v) is 8.66. The van der Waals surface area contributed by atoms with Crippen LogP contribution in [0.15, 0.2) is 18.2 Å². The van der Waals surface area contributed by atoms with Crippen molar-refractivity contribution in [3.05, 3.63) is 29.6 Å². The van der Waals surface area contributed by atoms with E-state index in [0.29, 0.717) is 19.0 Å². The fraction of sp³-hybridized carbons (Fsp3) is 0.529. The zero-order valence-electron chi connectivity index (χ0n) is 15.1. The number of benzene rings is 1. The van der Waals surface area contributed by atoms with Gasteiger partial charge in [0.25, 0.3) is 0 Å². The van der Waals surface area contributed by atoms with Crippen LogP contribution in [0.4, 0.5) is 4.79 Å². The number of nitrogens with one attached hydrogen (secondary N) is 3. The SMILES string of the molecule is CNS(=O)(=O)CCNC(=O)N1CCC(c2nc3c(C)cccc3[nH]2)CC1. The van der Waals surface area contributed by atoms with Crippen LogP contribution in [0.1, 0.15) is 30.1 Å². The van der Waals surface area contributed by atoms with Crippen LogP contribution in [-0.2, 0) is 10.0 Å². The second kappa shape index (κ2) is 7.63. The summed E-state index contributed by atoms with van der Waals surface area (Å²) in [6.45, 7) is 3.41. The number of aromatic nitrogens is 2. The van der Waals surface area contributed by atoms with Gasteiger partial charge in [-0.2, -0.15) is 0 Å². The van der Waals surface area contributed by atoms with E-state index in [1.165, 1.54) is 7.05 Å². The monoisotopic (exact) mass is 379 g/mol. The number of likely N-dealkylation sites (tertiary alicyclic amines) is 1. The first kappa shape index (κ1) is 18.7. The molecule has 2 heterocycles. The van der Waals surface area contributed by atoms with Gasteiger partial charge in [-0.1, -0.05) is 12.1 Å². The van der Waals surface area contributed by atoms with E-state index in [-0.39, 0.29) is 18.3 Å². The molecule has 3 N–H and O–H groups in total. The summed E-state index contributed by atoms with van der Waals surface area (Å²) >= 11 is 0. The molecule has 1 aromatic heterocycles. The number of aromatic amines is 1. The fourth-order valence-electron chi connectivity index (χ4n) is 3.25. The van der Waals surface area contributed by atoms with Crippen LogP contribution in [0.5, 0.6) is 0 Å². The van der Waals surface area contributed by atoms with Crippen LogP contribution in [0.2, 0.25) is 0 Å². The largest absolute Gasteiger partial charge is 0.342 e. The molecule has 0 unspecified atom stereocenters. The molecule has 2 aromatic rings. The minimum atomic E-state index is -3.30. The third-order valence-corrected chi connectivity index (χ3v) is 6.22. The topological polar surface area (TPSA) is 107 Å². The normalized spacial score (nSPS) is 16.2. The number of piperidine rings is 1. The fourth-order valence-corrected chi connectivity index (χ4v) is 3.83. The Morgan fingerprint density at radius 1 is 1.35 bits per heavy atom. The van der Waals surface area contributed by atoms with E-state index in [1.807, 2.05) is 25.1 Å². The van der Waals surface area contributed by atoms with Crippen LogP contribution in [0.3, 0.4) is 0 Å². The molecule has 0 spiro atoms. The van der Waals surface area contributed by atoms with Crippen LogP contribution >= 0.6 is 0 Å². The molecular formula is C17H25N5O3S. The highest BCUT2D eigenvalue weighted by molar-refractivity contribution is 7.89. The van der Waals surface area contributed by atoms with Gasteiger partial charge in [-0.3, -0.25) is 0 Å². The van der Waals surface area contributed by atoms with Crippen molar-refractivity contribution in [1.82, 2.24) is 24.9 Å². The van der Waals surface area contributed by atoms with Gasteiger partial charge in [0.05, 0.1) is 16.8 Å². The van der Waals surface area contributed by atoms with Crippen LogP contribution in [0, 0.1) is 6.92 Å². The molecule has 0 radical (unpaired) electrons. The lowest BCUT2D eigenvalue weighted by Gasteiger charge is -2.31. The number of H-pyrrole nitrogens is 1. The van der Waals surface area contributed by atoms with Gasteiger partial charge in [-0.05, 0) is 38.4 Å². The molecule has 3 rings (SSSR count). The molecular weight excluding hydrogens is 354 g/mol. The zero-order chi connectivity index (χ0) is 18.7. The number of imidazole rings is 1. The third kappa shape index (κ3) is 4.16. The van der Waals surface area contributed by atoms with Gasteiger partial charge in [-0.15, -0.1) is 0 Å². The summed E-state index contributed by atoms with van der Waals surface area (Å²) < 4.78 is 25.0. The number of nitrogens with zero attached hydrogens (tertiary/aromatic N) is 2. The molecule has 2 amide bonds. The molecule has 1 saturated heterocycles. The molecule has 142 valence electrons. The molecule has 1 aromatic carbocycles. The number of aryl methyl sites for hydroxylation is 1. The summed E-state index contributed by atoms with van der Waals surface area (Å²) in [6.07, 6.45) is 1.67. The summed E-state index contributed by atoms with van der Waals surface area (Å²) in [6, 6.07) is 5.88. The number of hydrogen-bond acceptors (Lipinski definition) is 4. The summed E-state index contributed by atoms with van der Waals surface area (Å²) in [5.41, 5.74) is 3.21. The average molecular weight is 379 g/mol. The molecule has 0 aliphatic carbocycles. The first-order chi connectivity index (χ1) is 12.4. The smallest absolute Gasteiger partial charge is 0.317 e. The van der Waals surface area contributed by atoms with Crippen molar-refractivity contribution in [3.63, 3.8) is 0 Å². The Labute approximate surface area is 153 Å². The molecule has 8 nitrogen and oxygen atoms in total. The van der Waals surface area contributed by atoms with E-state index in [0.717, 1.165) is 35.3 Å². The van der Waals surface area contributed by atoms with Gasteiger partial charge in [0.15, 0.2) is 0 Å². The maximum atomic E-state index is 12.2. The molecule has 1 fully saturated rings. The highest BCUT2D eigenvalue weighted by atomic mass is 32.2. The van der Waals surface area contributed by atoms with Crippen molar-refractivity contribution >= 4 is 27.1 Å². The maximum Gasteiger partial charge on any atom is 0.317 e. The number of urea groups is 1. The van der Waals surface area contributed by atoms with E-state index in [4.69, 9.17) is 4.98 Å². The molecule has 0 saturated carbocycles. The van der Waals surface area contributed by atoms with Crippen LogP contribution < -0.4 is 10.0 Å². The van der Waals surface area contributed by atoms with E-state index in [9.17, 15) is 13.2 Å². The quantitative estimate of drug-likeness (QED) is 0.728. The van der Waals surface area contributed by atoms with Crippen molar-refractivity contribution < 1.29 is 13.2 Å². The Morgan fingerprint density at radius 3 is 2.73 bits per heavy atom. The van der Waals surface area contributed by atoms with Gasteiger partial charge < -0.3 is 15.2 Å². The van der Waals surface area contributed by atoms with E-state index < -0.39 is 10.0 Å². The Bertz CT molecular complexity index is 885. The number of fused-ring (bicyclic) bond motifs is 1. The van der Waals surface area contributed by atoms with Crippen molar-refractivity contribution in [2.75, 3.05) is 32.4 Å². The number of hydrogen-bond donors (Lipinski definition) is 3. The number of amides is 2. The molecule has 0 atom stereocenters. The van der Waals surface area contributed by atoms with E-state index in [1.54, 1.807) is 4.90 Å². The number of para-hydroxylation sites is 1. The lowest BCUT2D eigenvalue weighted by atomic mass is 9.96. The van der Waals surface area contributed by atoms with Crippen molar-refractivity contribution in [3.8, 4) is 0 Å². The average Bonchev–Trinajstić information content (AvgIpc) is 3.07. The Kier molecular flexibility index (Phi) is 5.47. The molecule has 1 aliphatic rings. The number of sulfonamides is 1. The van der Waals surface area contributed by atoms with Gasteiger partial charge >= 0.3 is 6.03 Å². The zero-order valence-corrected chi connectivity index (χ0v) is 15.9. The maximum absolute atomic E-state index is 12.2. The summed E-state index contributed by atoms with van der Waals surface area (Å²) in [7, 11) is -1.94. The van der Waals surface area contributed by atoms with Crippen molar-refractivity contribution in [2.45, 2.75) is 25.7 Å². The lowest BCUT2D eigenvalue weighted by Crippen LogP contribution is -2.45. The highest BCUT2D eigenvalue weighted by Gasteiger charge is 2.26. The summed E-state index contributed by atoms with van der Waals surface area (Å²) in [5, 5.41) is 2.67. The predicted molar refractivity (Wildman–Crippen MR) is 101 cm³/mol. The highest BCUT2D eigenvalue weighted by Crippen LogP contribution is 2.28. The minimum Gasteiger partial charge on any atom is -0.342 e. The standard InChI is InChI=1S/C17H25N5O3S/c1-12-4-3-5-14-15(12)21-16(20-14)13-6-9-22(10-7-13)17(23)19-8-11-26(24,25)18-2/h3-5,13,18H,6-11H2,1-2H3,(H,19,23)(H,20,21).